The summed E-state index contributed by atoms with van der Waals surface area (Å²) in [5.74, 6) is -0.453. The van der Waals surface area contributed by atoms with Crippen molar-refractivity contribution in [3.8, 4) is 0 Å². The molecule has 2 heterocycles. The molecule has 0 spiro atoms. The molecule has 1 aromatic heterocycles. The summed E-state index contributed by atoms with van der Waals surface area (Å²) in [5.41, 5.74) is 3.09. The Kier molecular flexibility index (Phi) is 4.73. The molecule has 1 aliphatic rings. The number of nitrogens with zero attached hydrogens (tertiary/aromatic N) is 2. The summed E-state index contributed by atoms with van der Waals surface area (Å²) in [4.78, 5) is 30.0. The Bertz CT molecular complexity index is 746. The zero-order valence-corrected chi connectivity index (χ0v) is 13.7. The van der Waals surface area contributed by atoms with Crippen LogP contribution in [0.3, 0.4) is 0 Å². The van der Waals surface area contributed by atoms with E-state index in [0.29, 0.717) is 23.7 Å². The molecule has 1 unspecified atom stereocenters. The Morgan fingerprint density at radius 1 is 1.43 bits per heavy atom. The number of rotatable bonds is 4. The number of halogens is 1. The minimum atomic E-state index is -0.529. The van der Waals surface area contributed by atoms with Gasteiger partial charge in [0.1, 0.15) is 6.04 Å². The number of amides is 2. The molecular weight excluding hydrogens is 334 g/mol. The van der Waals surface area contributed by atoms with E-state index in [-0.39, 0.29) is 11.8 Å². The summed E-state index contributed by atoms with van der Waals surface area (Å²) in [7, 11) is 0. The summed E-state index contributed by atoms with van der Waals surface area (Å²) < 4.78 is 0. The third kappa shape index (κ3) is 3.60. The number of aromatic nitrogens is 1. The van der Waals surface area contributed by atoms with Gasteiger partial charge in [0.15, 0.2) is 0 Å². The van der Waals surface area contributed by atoms with E-state index in [1.54, 1.807) is 28.6 Å². The average molecular weight is 348 g/mol. The fourth-order valence-corrected chi connectivity index (χ4v) is 3.17. The van der Waals surface area contributed by atoms with Crippen molar-refractivity contribution >= 4 is 46.5 Å². The predicted octanol–water partition coefficient (Wildman–Crippen LogP) is 2.73. The van der Waals surface area contributed by atoms with Gasteiger partial charge in [0, 0.05) is 18.0 Å². The van der Waals surface area contributed by atoms with Crippen molar-refractivity contribution in [3.05, 3.63) is 51.9 Å². The van der Waals surface area contributed by atoms with Gasteiger partial charge in [0.25, 0.3) is 0 Å². The molecule has 7 heteroatoms. The Morgan fingerprint density at radius 3 is 3.00 bits per heavy atom. The number of carbonyl (C=O) groups is 2. The third-order valence-electron chi connectivity index (χ3n) is 3.52. The highest BCUT2D eigenvalue weighted by molar-refractivity contribution is 7.07. The normalized spacial score (nSPS) is 17.9. The van der Waals surface area contributed by atoms with Gasteiger partial charge in [-0.25, -0.2) is 4.98 Å². The zero-order chi connectivity index (χ0) is 16.2. The van der Waals surface area contributed by atoms with E-state index in [2.05, 4.69) is 10.3 Å². The molecule has 1 aliphatic heterocycles. The van der Waals surface area contributed by atoms with E-state index in [1.165, 1.54) is 17.4 Å². The molecule has 0 aliphatic carbocycles. The molecule has 118 valence electrons. The van der Waals surface area contributed by atoms with Crippen molar-refractivity contribution in [1.29, 1.82) is 0 Å². The van der Waals surface area contributed by atoms with E-state index in [4.69, 9.17) is 11.6 Å². The molecule has 1 N–H and O–H groups in total. The molecule has 1 fully saturated rings. The molecule has 0 radical (unpaired) electrons. The molecule has 2 amide bonds. The SMILES string of the molecule is O=C(C=Cc1cscn1)NC1CCN(c2ccccc2Cl)C1=O. The summed E-state index contributed by atoms with van der Waals surface area (Å²) in [5, 5.41) is 5.09. The van der Waals surface area contributed by atoms with Crippen molar-refractivity contribution in [2.24, 2.45) is 0 Å². The highest BCUT2D eigenvalue weighted by Gasteiger charge is 2.33. The van der Waals surface area contributed by atoms with Crippen LogP contribution >= 0.6 is 22.9 Å². The van der Waals surface area contributed by atoms with Crippen molar-refractivity contribution in [2.75, 3.05) is 11.4 Å². The maximum absolute atomic E-state index is 12.4. The number of benzene rings is 1. The second-order valence-corrected chi connectivity index (χ2v) is 6.16. The van der Waals surface area contributed by atoms with Gasteiger partial charge in [-0.1, -0.05) is 23.7 Å². The smallest absolute Gasteiger partial charge is 0.249 e. The molecule has 3 rings (SSSR count). The lowest BCUT2D eigenvalue weighted by atomic mass is 10.2. The van der Waals surface area contributed by atoms with E-state index in [0.717, 1.165) is 5.69 Å². The number of anilines is 1. The number of carbonyl (C=O) groups excluding carboxylic acids is 2. The fraction of sp³-hybridized carbons (Fsp3) is 0.188. The number of nitrogens with one attached hydrogen (secondary N) is 1. The van der Waals surface area contributed by atoms with Crippen LogP contribution in [0.1, 0.15) is 12.1 Å². The minimum Gasteiger partial charge on any atom is -0.341 e. The Morgan fingerprint density at radius 2 is 2.26 bits per heavy atom. The molecule has 1 saturated heterocycles. The van der Waals surface area contributed by atoms with Gasteiger partial charge < -0.3 is 10.2 Å². The maximum Gasteiger partial charge on any atom is 0.249 e. The number of hydrogen-bond acceptors (Lipinski definition) is 4. The Labute approximate surface area is 142 Å². The lowest BCUT2D eigenvalue weighted by Gasteiger charge is -2.18. The standard InChI is InChI=1S/C16H14ClN3O2S/c17-12-3-1-2-4-14(12)20-8-7-13(16(20)22)19-15(21)6-5-11-9-23-10-18-11/h1-6,9-10,13H,7-8H2,(H,19,21). The molecule has 23 heavy (non-hydrogen) atoms. The van der Waals surface area contributed by atoms with Crippen molar-refractivity contribution < 1.29 is 9.59 Å². The molecule has 1 atom stereocenters. The van der Waals surface area contributed by atoms with Crippen LogP contribution in [0.5, 0.6) is 0 Å². The van der Waals surface area contributed by atoms with Crippen LogP contribution in [-0.4, -0.2) is 29.4 Å². The van der Waals surface area contributed by atoms with Crippen molar-refractivity contribution in [2.45, 2.75) is 12.5 Å². The second-order valence-electron chi connectivity index (χ2n) is 5.04. The monoisotopic (exact) mass is 347 g/mol. The van der Waals surface area contributed by atoms with Gasteiger partial charge in [-0.05, 0) is 24.6 Å². The number of thiazole rings is 1. The quantitative estimate of drug-likeness (QED) is 0.865. The molecule has 0 saturated carbocycles. The van der Waals surface area contributed by atoms with Gasteiger partial charge in [0.2, 0.25) is 11.8 Å². The van der Waals surface area contributed by atoms with Crippen LogP contribution in [0, 0.1) is 0 Å². The average Bonchev–Trinajstić information content (AvgIpc) is 3.17. The van der Waals surface area contributed by atoms with Crippen molar-refractivity contribution in [3.63, 3.8) is 0 Å². The van der Waals surface area contributed by atoms with E-state index in [1.807, 2.05) is 17.5 Å². The third-order valence-corrected chi connectivity index (χ3v) is 4.45. The van der Waals surface area contributed by atoms with Gasteiger partial charge in [0.05, 0.1) is 21.9 Å². The maximum atomic E-state index is 12.4. The van der Waals surface area contributed by atoms with Crippen LogP contribution in [-0.2, 0) is 9.59 Å². The zero-order valence-electron chi connectivity index (χ0n) is 12.1. The van der Waals surface area contributed by atoms with E-state index >= 15 is 0 Å². The number of para-hydroxylation sites is 1. The van der Waals surface area contributed by atoms with Crippen LogP contribution in [0.25, 0.3) is 6.08 Å². The lowest BCUT2D eigenvalue weighted by Crippen LogP contribution is -2.40. The van der Waals surface area contributed by atoms with E-state index in [9.17, 15) is 9.59 Å². The van der Waals surface area contributed by atoms with Gasteiger partial charge in [-0.2, -0.15) is 0 Å². The first-order chi connectivity index (χ1) is 11.1. The van der Waals surface area contributed by atoms with E-state index < -0.39 is 6.04 Å². The second kappa shape index (κ2) is 6.93. The fourth-order valence-electron chi connectivity index (χ4n) is 2.41. The topological polar surface area (TPSA) is 62.3 Å². The van der Waals surface area contributed by atoms with Crippen LogP contribution < -0.4 is 10.2 Å². The summed E-state index contributed by atoms with van der Waals surface area (Å²) in [6.45, 7) is 0.531. The summed E-state index contributed by atoms with van der Waals surface area (Å²) in [6, 6.07) is 6.66. The number of hydrogen-bond donors (Lipinski definition) is 1. The van der Waals surface area contributed by atoms with Crippen molar-refractivity contribution in [1.82, 2.24) is 10.3 Å². The lowest BCUT2D eigenvalue weighted by molar-refractivity contribution is -0.123. The molecule has 2 aromatic rings. The van der Waals surface area contributed by atoms with Crippen LogP contribution in [0.15, 0.2) is 41.2 Å². The van der Waals surface area contributed by atoms with Gasteiger partial charge in [-0.3, -0.25) is 9.59 Å². The summed E-state index contributed by atoms with van der Waals surface area (Å²) >= 11 is 7.59. The van der Waals surface area contributed by atoms with Gasteiger partial charge in [-0.15, -0.1) is 11.3 Å². The molecule has 1 aromatic carbocycles. The minimum absolute atomic E-state index is 0.145. The largest absolute Gasteiger partial charge is 0.341 e. The first kappa shape index (κ1) is 15.7. The Hall–Kier alpha value is -2.18. The van der Waals surface area contributed by atoms with Crippen LogP contribution in [0.4, 0.5) is 5.69 Å². The first-order valence-corrected chi connectivity index (χ1v) is 8.40. The highest BCUT2D eigenvalue weighted by Crippen LogP contribution is 2.28. The van der Waals surface area contributed by atoms with Gasteiger partial charge >= 0.3 is 0 Å². The molecular formula is C16H14ClN3O2S. The van der Waals surface area contributed by atoms with Crippen LogP contribution in [0.2, 0.25) is 5.02 Å². The highest BCUT2D eigenvalue weighted by atomic mass is 35.5. The predicted molar refractivity (Wildman–Crippen MR) is 91.5 cm³/mol. The Balaban J connectivity index is 1.63. The first-order valence-electron chi connectivity index (χ1n) is 7.08. The molecule has 5 nitrogen and oxygen atoms in total. The summed E-state index contributed by atoms with van der Waals surface area (Å²) in [6.07, 6.45) is 3.57. The molecule has 0 bridgehead atoms.